The lowest BCUT2D eigenvalue weighted by Crippen LogP contribution is -2.14. The molecule has 40 heavy (non-hydrogen) atoms. The number of fused-ring (bicyclic) bond motifs is 1. The molecule has 0 spiro atoms. The standard InChI is InChI=1S/C30H23FN6O2S/c1-39-25-11-10-22(18-23(25)31)34-29-32-13-12-24(35-29)28-27(36-30-37(28)14-15-40-30)20-8-5-9-21(17-20)33-26(38)16-19-6-3-2-4-7-19/h2-15,17-18H,16H2,1H3,(H,33,38)(H,32,34,35). The minimum Gasteiger partial charge on any atom is -0.494 e. The molecule has 0 fully saturated rings. The maximum Gasteiger partial charge on any atom is 0.228 e. The van der Waals surface area contributed by atoms with Crippen LogP contribution in [0.15, 0.2) is 96.6 Å². The Kier molecular flexibility index (Phi) is 6.90. The van der Waals surface area contributed by atoms with Gasteiger partial charge in [0.05, 0.1) is 24.9 Å². The minimum atomic E-state index is -0.488. The number of nitrogens with zero attached hydrogens (tertiary/aromatic N) is 4. The second-order valence-corrected chi connectivity index (χ2v) is 9.77. The number of ether oxygens (including phenoxy) is 1. The van der Waals surface area contributed by atoms with Gasteiger partial charge in [-0.1, -0.05) is 42.5 Å². The fourth-order valence-corrected chi connectivity index (χ4v) is 5.10. The van der Waals surface area contributed by atoms with Gasteiger partial charge in [0.2, 0.25) is 11.9 Å². The molecule has 6 rings (SSSR count). The van der Waals surface area contributed by atoms with E-state index in [0.29, 0.717) is 28.7 Å². The number of amides is 1. The van der Waals surface area contributed by atoms with Crippen molar-refractivity contribution in [3.05, 3.63) is 108 Å². The first kappa shape index (κ1) is 25.2. The van der Waals surface area contributed by atoms with Crippen LogP contribution in [0.25, 0.3) is 27.6 Å². The lowest BCUT2D eigenvalue weighted by molar-refractivity contribution is -0.115. The molecule has 0 atom stereocenters. The van der Waals surface area contributed by atoms with Crippen LogP contribution in [-0.4, -0.2) is 32.4 Å². The van der Waals surface area contributed by atoms with E-state index >= 15 is 0 Å². The van der Waals surface area contributed by atoms with Gasteiger partial charge >= 0.3 is 0 Å². The van der Waals surface area contributed by atoms with Crippen molar-refractivity contribution in [3.8, 4) is 28.4 Å². The number of hydrogen-bond donors (Lipinski definition) is 2. The third-order valence-corrected chi connectivity index (χ3v) is 6.95. The Balaban J connectivity index is 1.31. The summed E-state index contributed by atoms with van der Waals surface area (Å²) in [5.41, 5.74) is 5.05. The zero-order valence-electron chi connectivity index (χ0n) is 21.3. The van der Waals surface area contributed by atoms with Gasteiger partial charge in [-0.15, -0.1) is 11.3 Å². The molecule has 8 nitrogen and oxygen atoms in total. The molecule has 0 saturated carbocycles. The molecular weight excluding hydrogens is 527 g/mol. The van der Waals surface area contributed by atoms with Crippen LogP contribution < -0.4 is 15.4 Å². The van der Waals surface area contributed by atoms with Crippen LogP contribution in [-0.2, 0) is 11.2 Å². The second kappa shape index (κ2) is 11.0. The van der Waals surface area contributed by atoms with Crippen LogP contribution in [0.4, 0.5) is 21.7 Å². The first-order valence-corrected chi connectivity index (χ1v) is 13.3. The van der Waals surface area contributed by atoms with Crippen LogP contribution in [0.3, 0.4) is 0 Å². The van der Waals surface area contributed by atoms with E-state index in [9.17, 15) is 9.18 Å². The lowest BCUT2D eigenvalue weighted by atomic mass is 10.1. The van der Waals surface area contributed by atoms with Gasteiger partial charge in [0.15, 0.2) is 16.5 Å². The van der Waals surface area contributed by atoms with Gasteiger partial charge in [-0.2, -0.15) is 0 Å². The maximum atomic E-state index is 14.2. The van der Waals surface area contributed by atoms with Gasteiger partial charge in [-0.3, -0.25) is 9.20 Å². The van der Waals surface area contributed by atoms with Crippen molar-refractivity contribution >= 4 is 39.5 Å². The molecule has 6 aromatic rings. The number of thiazole rings is 1. The molecule has 3 aromatic carbocycles. The summed E-state index contributed by atoms with van der Waals surface area (Å²) in [6.07, 6.45) is 3.86. The zero-order chi connectivity index (χ0) is 27.5. The molecule has 1 amide bonds. The highest BCUT2D eigenvalue weighted by atomic mass is 32.1. The average molecular weight is 551 g/mol. The summed E-state index contributed by atoms with van der Waals surface area (Å²) in [7, 11) is 1.42. The van der Waals surface area contributed by atoms with E-state index in [1.807, 2.05) is 70.6 Å². The van der Waals surface area contributed by atoms with Crippen molar-refractivity contribution in [1.29, 1.82) is 0 Å². The van der Waals surface area contributed by atoms with Crippen molar-refractivity contribution in [3.63, 3.8) is 0 Å². The van der Waals surface area contributed by atoms with Crippen LogP contribution in [0, 0.1) is 5.82 Å². The highest BCUT2D eigenvalue weighted by Gasteiger charge is 2.19. The van der Waals surface area contributed by atoms with Crippen molar-refractivity contribution in [2.24, 2.45) is 0 Å². The number of hydrogen-bond acceptors (Lipinski definition) is 7. The van der Waals surface area contributed by atoms with Crippen LogP contribution in [0.1, 0.15) is 5.56 Å². The topological polar surface area (TPSA) is 93.4 Å². The molecule has 3 aromatic heterocycles. The molecular formula is C30H23FN6O2S. The average Bonchev–Trinajstić information content (AvgIpc) is 3.56. The van der Waals surface area contributed by atoms with Gasteiger partial charge in [0, 0.05) is 40.8 Å². The van der Waals surface area contributed by atoms with Gasteiger partial charge in [0.1, 0.15) is 5.69 Å². The van der Waals surface area contributed by atoms with Crippen LogP contribution in [0.2, 0.25) is 0 Å². The van der Waals surface area contributed by atoms with Crippen molar-refractivity contribution in [2.45, 2.75) is 6.42 Å². The Morgan fingerprint density at radius 2 is 1.88 bits per heavy atom. The number of carbonyl (C=O) groups excluding carboxylic acids is 1. The number of benzene rings is 3. The number of carbonyl (C=O) groups is 1. The van der Waals surface area contributed by atoms with Gasteiger partial charge in [-0.05, 0) is 35.9 Å². The summed E-state index contributed by atoms with van der Waals surface area (Å²) in [5.74, 6) is -0.129. The molecule has 0 bridgehead atoms. The molecule has 2 N–H and O–H groups in total. The molecule has 0 aliphatic rings. The summed E-state index contributed by atoms with van der Waals surface area (Å²) in [6.45, 7) is 0. The minimum absolute atomic E-state index is 0.101. The highest BCUT2D eigenvalue weighted by Crippen LogP contribution is 2.35. The summed E-state index contributed by atoms with van der Waals surface area (Å²) in [4.78, 5) is 27.4. The first-order valence-electron chi connectivity index (χ1n) is 12.4. The van der Waals surface area contributed by atoms with E-state index in [1.165, 1.54) is 30.6 Å². The molecule has 0 saturated heterocycles. The van der Waals surface area contributed by atoms with Crippen molar-refractivity contribution in [1.82, 2.24) is 19.4 Å². The predicted octanol–water partition coefficient (Wildman–Crippen LogP) is 6.59. The Morgan fingerprint density at radius 1 is 1.00 bits per heavy atom. The molecule has 0 aliphatic heterocycles. The largest absolute Gasteiger partial charge is 0.494 e. The number of nitrogens with one attached hydrogen (secondary N) is 2. The molecule has 0 radical (unpaired) electrons. The SMILES string of the molecule is COc1ccc(Nc2nccc(-c3c(-c4cccc(NC(=O)Cc5ccccc5)c4)nc4sccn34)n2)cc1F. The van der Waals surface area contributed by atoms with E-state index in [0.717, 1.165) is 21.8 Å². The van der Waals surface area contributed by atoms with Gasteiger partial charge in [0.25, 0.3) is 0 Å². The summed E-state index contributed by atoms with van der Waals surface area (Å²) >= 11 is 1.51. The van der Waals surface area contributed by atoms with E-state index in [-0.39, 0.29) is 18.1 Å². The Labute approximate surface area is 233 Å². The summed E-state index contributed by atoms with van der Waals surface area (Å²) in [6, 6.07) is 23.6. The second-order valence-electron chi connectivity index (χ2n) is 8.90. The van der Waals surface area contributed by atoms with E-state index in [1.54, 1.807) is 18.3 Å². The molecule has 3 heterocycles. The summed E-state index contributed by atoms with van der Waals surface area (Å²) < 4.78 is 21.2. The van der Waals surface area contributed by atoms with Crippen LogP contribution in [0.5, 0.6) is 5.75 Å². The summed E-state index contributed by atoms with van der Waals surface area (Å²) in [5, 5.41) is 8.00. The van der Waals surface area contributed by atoms with Gasteiger partial charge < -0.3 is 15.4 Å². The quantitative estimate of drug-likeness (QED) is 0.222. The van der Waals surface area contributed by atoms with E-state index in [2.05, 4.69) is 15.6 Å². The molecule has 0 unspecified atom stereocenters. The number of halogens is 1. The molecule has 198 valence electrons. The predicted molar refractivity (Wildman–Crippen MR) is 155 cm³/mol. The maximum absolute atomic E-state index is 14.2. The Morgan fingerprint density at radius 3 is 2.70 bits per heavy atom. The number of anilines is 3. The monoisotopic (exact) mass is 550 g/mol. The molecule has 0 aliphatic carbocycles. The zero-order valence-corrected chi connectivity index (χ0v) is 22.2. The van der Waals surface area contributed by atoms with Crippen molar-refractivity contribution < 1.29 is 13.9 Å². The van der Waals surface area contributed by atoms with Crippen LogP contribution >= 0.6 is 11.3 Å². The number of imidazole rings is 1. The number of aromatic nitrogens is 4. The van der Waals surface area contributed by atoms with Gasteiger partial charge in [-0.25, -0.2) is 19.3 Å². The lowest BCUT2D eigenvalue weighted by Gasteiger charge is -2.10. The number of methoxy groups -OCH3 is 1. The highest BCUT2D eigenvalue weighted by molar-refractivity contribution is 7.15. The molecule has 10 heteroatoms. The Bertz CT molecular complexity index is 1820. The third kappa shape index (κ3) is 5.25. The third-order valence-electron chi connectivity index (χ3n) is 6.20. The Hall–Kier alpha value is -5.09. The van der Waals surface area contributed by atoms with Crippen molar-refractivity contribution in [2.75, 3.05) is 17.7 Å². The number of rotatable bonds is 8. The fourth-order valence-electron chi connectivity index (χ4n) is 4.39. The fraction of sp³-hybridized carbons (Fsp3) is 0.0667. The van der Waals surface area contributed by atoms with E-state index in [4.69, 9.17) is 14.7 Å². The first-order chi connectivity index (χ1) is 19.6. The van der Waals surface area contributed by atoms with E-state index < -0.39 is 5.82 Å². The smallest absolute Gasteiger partial charge is 0.228 e. The normalized spacial score (nSPS) is 10.9.